The number of aliphatic hydroxyl groups is 1. The van der Waals surface area contributed by atoms with E-state index in [0.717, 1.165) is 0 Å². The first-order chi connectivity index (χ1) is 16.8. The van der Waals surface area contributed by atoms with Gasteiger partial charge in [-0.3, -0.25) is 4.57 Å². The number of aromatic nitrogens is 4. The van der Waals surface area contributed by atoms with Gasteiger partial charge in [-0.25, -0.2) is 15.0 Å². The normalized spacial score (nSPS) is 21.0. The van der Waals surface area contributed by atoms with E-state index in [1.807, 2.05) is 16.7 Å². The fourth-order valence-corrected chi connectivity index (χ4v) is 9.88. The Bertz CT molecular complexity index is 1250. The Labute approximate surface area is 205 Å². The number of fused-ring (bicyclic) bond motifs is 1. The molecule has 3 N–H and O–H groups in total. The summed E-state index contributed by atoms with van der Waals surface area (Å²) in [6.07, 6.45) is 2.43. The number of nitrogens with two attached hydrogens (primary N) is 1. The molecule has 0 saturated carbocycles. The molecule has 0 bridgehead atoms. The Morgan fingerprint density at radius 1 is 1.03 bits per heavy atom. The summed E-state index contributed by atoms with van der Waals surface area (Å²) in [4.78, 5) is 12.8. The number of imidazole rings is 1. The Balaban J connectivity index is 1.57. The smallest absolute Gasteiger partial charge is 0.261 e. The predicted octanol–water partition coefficient (Wildman–Crippen LogP) is 2.63. The minimum Gasteiger partial charge on any atom is -0.402 e. The molecule has 35 heavy (non-hydrogen) atoms. The van der Waals surface area contributed by atoms with Crippen LogP contribution in [-0.2, 0) is 9.16 Å². The lowest BCUT2D eigenvalue weighted by molar-refractivity contribution is -0.0405. The fraction of sp³-hybridized carbons (Fsp3) is 0.346. The second-order valence-corrected chi connectivity index (χ2v) is 14.2. The largest absolute Gasteiger partial charge is 0.402 e. The van der Waals surface area contributed by atoms with E-state index in [4.69, 9.17) is 14.9 Å². The fourth-order valence-electron chi connectivity index (χ4n) is 5.16. The van der Waals surface area contributed by atoms with Crippen LogP contribution in [0.3, 0.4) is 0 Å². The highest BCUT2D eigenvalue weighted by Gasteiger charge is 2.53. The number of benzene rings is 2. The van der Waals surface area contributed by atoms with Gasteiger partial charge in [0.05, 0.1) is 19.0 Å². The van der Waals surface area contributed by atoms with Crippen molar-refractivity contribution in [2.75, 3.05) is 12.3 Å². The first kappa shape index (κ1) is 23.6. The maximum absolute atomic E-state index is 10.3. The third-order valence-corrected chi connectivity index (χ3v) is 11.9. The molecule has 8 nitrogen and oxygen atoms in total. The lowest BCUT2D eigenvalue weighted by Crippen LogP contribution is -2.68. The molecule has 3 heterocycles. The number of ether oxygens (including phenoxy) is 1. The molecule has 182 valence electrons. The van der Waals surface area contributed by atoms with Gasteiger partial charge in [-0.1, -0.05) is 81.4 Å². The molecule has 0 spiro atoms. The maximum atomic E-state index is 10.3. The Kier molecular flexibility index (Phi) is 6.18. The van der Waals surface area contributed by atoms with Crippen molar-refractivity contribution in [1.29, 1.82) is 0 Å². The number of anilines is 1. The van der Waals surface area contributed by atoms with Crippen LogP contribution in [0.25, 0.3) is 11.2 Å². The van der Waals surface area contributed by atoms with Gasteiger partial charge in [-0.05, 0) is 15.4 Å². The van der Waals surface area contributed by atoms with Crippen LogP contribution in [0.1, 0.15) is 33.4 Å². The third kappa shape index (κ3) is 4.04. The molecule has 0 aliphatic carbocycles. The van der Waals surface area contributed by atoms with E-state index in [1.165, 1.54) is 16.7 Å². The predicted molar refractivity (Wildman–Crippen MR) is 138 cm³/mol. The lowest BCUT2D eigenvalue weighted by atomic mass is 10.2. The molecule has 4 aromatic rings. The van der Waals surface area contributed by atoms with Crippen molar-refractivity contribution < 1.29 is 14.3 Å². The molecule has 3 atom stereocenters. The van der Waals surface area contributed by atoms with E-state index in [-0.39, 0.29) is 17.7 Å². The van der Waals surface area contributed by atoms with Crippen LogP contribution in [0.15, 0.2) is 73.3 Å². The van der Waals surface area contributed by atoms with E-state index in [2.05, 4.69) is 84.3 Å². The van der Waals surface area contributed by atoms with Crippen molar-refractivity contribution in [1.82, 2.24) is 19.5 Å². The highest BCUT2D eigenvalue weighted by atomic mass is 28.4. The lowest BCUT2D eigenvalue weighted by Gasteiger charge is -2.45. The van der Waals surface area contributed by atoms with Crippen LogP contribution in [0.2, 0.25) is 5.04 Å². The third-order valence-electron chi connectivity index (χ3n) is 6.80. The van der Waals surface area contributed by atoms with Gasteiger partial charge in [0, 0.05) is 6.42 Å². The zero-order valence-electron chi connectivity index (χ0n) is 20.2. The van der Waals surface area contributed by atoms with Gasteiger partial charge in [0.1, 0.15) is 24.2 Å². The highest BCUT2D eigenvalue weighted by molar-refractivity contribution is 6.99. The van der Waals surface area contributed by atoms with Crippen LogP contribution in [0.4, 0.5) is 5.82 Å². The maximum Gasteiger partial charge on any atom is 0.261 e. The summed E-state index contributed by atoms with van der Waals surface area (Å²) >= 11 is 0. The van der Waals surface area contributed by atoms with Gasteiger partial charge in [0.25, 0.3) is 8.32 Å². The molecule has 1 fully saturated rings. The molecule has 5 rings (SSSR count). The number of nitrogen functional groups attached to an aromatic ring is 1. The minimum absolute atomic E-state index is 0.150. The van der Waals surface area contributed by atoms with Crippen molar-refractivity contribution in [2.45, 2.75) is 50.7 Å². The van der Waals surface area contributed by atoms with Gasteiger partial charge in [-0.15, -0.1) is 0 Å². The second kappa shape index (κ2) is 9.16. The number of rotatable bonds is 6. The Hall–Kier alpha value is -3.11. The van der Waals surface area contributed by atoms with E-state index in [0.29, 0.717) is 23.4 Å². The van der Waals surface area contributed by atoms with Crippen molar-refractivity contribution in [3.63, 3.8) is 0 Å². The number of aliphatic hydroxyl groups excluding tert-OH is 1. The van der Waals surface area contributed by atoms with Crippen LogP contribution in [0, 0.1) is 0 Å². The first-order valence-corrected chi connectivity index (χ1v) is 13.7. The molecule has 1 aliphatic heterocycles. The van der Waals surface area contributed by atoms with Crippen LogP contribution < -0.4 is 16.1 Å². The molecule has 1 saturated heterocycles. The van der Waals surface area contributed by atoms with Crippen molar-refractivity contribution in [2.24, 2.45) is 0 Å². The quantitative estimate of drug-likeness (QED) is 0.401. The van der Waals surface area contributed by atoms with Gasteiger partial charge in [0.15, 0.2) is 11.5 Å². The van der Waals surface area contributed by atoms with E-state index < -0.39 is 20.6 Å². The second-order valence-electron chi connectivity index (χ2n) is 9.95. The molecular formula is C26H31N5O3Si. The molecular weight excluding hydrogens is 458 g/mol. The summed E-state index contributed by atoms with van der Waals surface area (Å²) in [5, 5.41) is 12.5. The molecule has 1 aliphatic rings. The summed E-state index contributed by atoms with van der Waals surface area (Å²) < 4.78 is 15.4. The molecule has 9 heteroatoms. The van der Waals surface area contributed by atoms with Gasteiger partial charge >= 0.3 is 0 Å². The van der Waals surface area contributed by atoms with Crippen molar-refractivity contribution >= 4 is 35.7 Å². The van der Waals surface area contributed by atoms with Gasteiger partial charge < -0.3 is 20.0 Å². The first-order valence-electron chi connectivity index (χ1n) is 11.8. The number of hydrogen-bond acceptors (Lipinski definition) is 7. The summed E-state index contributed by atoms with van der Waals surface area (Å²) in [6.45, 7) is 6.57. The van der Waals surface area contributed by atoms with Crippen LogP contribution in [0.5, 0.6) is 0 Å². The van der Waals surface area contributed by atoms with Gasteiger partial charge in [-0.2, -0.15) is 0 Å². The molecule has 0 radical (unpaired) electrons. The van der Waals surface area contributed by atoms with E-state index in [1.54, 1.807) is 6.33 Å². The summed E-state index contributed by atoms with van der Waals surface area (Å²) in [5.41, 5.74) is 7.12. The molecule has 2 aromatic carbocycles. The molecule has 2 aromatic heterocycles. The summed E-state index contributed by atoms with van der Waals surface area (Å²) in [7, 11) is -2.81. The molecule has 0 amide bonds. The topological polar surface area (TPSA) is 108 Å². The van der Waals surface area contributed by atoms with E-state index in [9.17, 15) is 5.11 Å². The van der Waals surface area contributed by atoms with Gasteiger partial charge in [0.2, 0.25) is 0 Å². The Morgan fingerprint density at radius 2 is 1.66 bits per heavy atom. The average Bonchev–Trinajstić information content (AvgIpc) is 3.47. The van der Waals surface area contributed by atoms with Crippen molar-refractivity contribution in [3.05, 3.63) is 73.3 Å². The standard InChI is InChI=1S/C26H31N5O3Si/c1-26(2,3)35(18-10-6-4-7-11-18,19-12-8-5-9-13-19)34-20-14-22(33-21(20)15-32)31-17-30-23-24(27)28-16-29-25(23)31/h4-13,16-17,20-22,32H,14-15H2,1-3H3,(H2,27,28,29). The monoisotopic (exact) mass is 489 g/mol. The summed E-state index contributed by atoms with van der Waals surface area (Å²) in [5.74, 6) is 0.325. The highest BCUT2D eigenvalue weighted by Crippen LogP contribution is 2.41. The summed E-state index contributed by atoms with van der Waals surface area (Å²) in [6, 6.07) is 21.0. The zero-order chi connectivity index (χ0) is 24.6. The minimum atomic E-state index is -2.81. The molecule has 3 unspecified atom stereocenters. The van der Waals surface area contributed by atoms with Crippen molar-refractivity contribution in [3.8, 4) is 0 Å². The average molecular weight is 490 g/mol. The van der Waals surface area contributed by atoms with Crippen LogP contribution >= 0.6 is 0 Å². The number of hydrogen-bond donors (Lipinski definition) is 2. The van der Waals surface area contributed by atoms with E-state index >= 15 is 0 Å². The number of nitrogens with zero attached hydrogens (tertiary/aromatic N) is 4. The Morgan fingerprint density at radius 3 is 2.23 bits per heavy atom. The van der Waals surface area contributed by atoms with Crippen LogP contribution in [-0.4, -0.2) is 51.8 Å². The SMILES string of the molecule is CC(C)(C)[Si](OC1CC(n2cnc3c(N)ncnc32)OC1CO)(c1ccccc1)c1ccccc1. The zero-order valence-corrected chi connectivity index (χ0v) is 21.2.